The fraction of sp³-hybridized carbons (Fsp3) is 0.588. The highest BCUT2D eigenvalue weighted by Crippen LogP contribution is 2.08. The van der Waals surface area contributed by atoms with Gasteiger partial charge in [-0.05, 0) is 51.0 Å². The van der Waals surface area contributed by atoms with Crippen molar-refractivity contribution in [3.05, 3.63) is 35.4 Å². The lowest BCUT2D eigenvalue weighted by molar-refractivity contribution is 0.290. The van der Waals surface area contributed by atoms with E-state index in [1.54, 1.807) is 0 Å². The van der Waals surface area contributed by atoms with Gasteiger partial charge in [0.15, 0.2) is 0 Å². The maximum atomic E-state index is 9.06. The monoisotopic (exact) mass is 273 g/mol. The minimum atomic E-state index is 0.484. The van der Waals surface area contributed by atoms with Crippen LogP contribution in [-0.2, 0) is 6.54 Å². The van der Waals surface area contributed by atoms with Gasteiger partial charge in [0, 0.05) is 12.6 Å². The van der Waals surface area contributed by atoms with Gasteiger partial charge in [0.2, 0.25) is 0 Å². The summed E-state index contributed by atoms with van der Waals surface area (Å²) in [5.74, 6) is 0. The van der Waals surface area contributed by atoms with Crippen molar-refractivity contribution in [3.8, 4) is 6.07 Å². The van der Waals surface area contributed by atoms with Crippen LogP contribution in [0.15, 0.2) is 24.3 Å². The van der Waals surface area contributed by atoms with Crippen LogP contribution in [0.1, 0.15) is 44.7 Å². The number of nitrogens with zero attached hydrogens (tertiary/aromatic N) is 2. The molecule has 0 saturated heterocycles. The van der Waals surface area contributed by atoms with E-state index >= 15 is 0 Å². The van der Waals surface area contributed by atoms with E-state index in [4.69, 9.17) is 5.26 Å². The topological polar surface area (TPSA) is 39.1 Å². The van der Waals surface area contributed by atoms with Crippen molar-refractivity contribution in [2.75, 3.05) is 19.6 Å². The van der Waals surface area contributed by atoms with Crippen molar-refractivity contribution >= 4 is 0 Å². The molecule has 3 nitrogen and oxygen atoms in total. The Hall–Kier alpha value is -1.37. The predicted octanol–water partition coefficient (Wildman–Crippen LogP) is 3.16. The first kappa shape index (κ1) is 16.7. The van der Waals surface area contributed by atoms with Gasteiger partial charge in [0.1, 0.15) is 0 Å². The van der Waals surface area contributed by atoms with Crippen LogP contribution in [-0.4, -0.2) is 30.6 Å². The van der Waals surface area contributed by atoms with Gasteiger partial charge < -0.3 is 10.2 Å². The molecule has 110 valence electrons. The molecule has 0 aliphatic heterocycles. The number of nitrogens with one attached hydrogen (secondary N) is 1. The van der Waals surface area contributed by atoms with Gasteiger partial charge in [0.05, 0.1) is 11.6 Å². The number of hydrogen-bond acceptors (Lipinski definition) is 3. The van der Waals surface area contributed by atoms with E-state index in [1.807, 2.05) is 24.3 Å². The third kappa shape index (κ3) is 5.73. The molecule has 0 fully saturated rings. The van der Waals surface area contributed by atoms with Crippen LogP contribution in [0.2, 0.25) is 0 Å². The summed E-state index contributed by atoms with van der Waals surface area (Å²) in [4.78, 5) is 2.46. The summed E-state index contributed by atoms with van der Waals surface area (Å²) in [5.41, 5.74) is 1.86. The zero-order valence-electron chi connectivity index (χ0n) is 13.0. The lowest BCUT2D eigenvalue weighted by atomic mass is 10.1. The van der Waals surface area contributed by atoms with E-state index in [0.717, 1.165) is 30.8 Å². The molecule has 0 radical (unpaired) electrons. The number of nitriles is 1. The maximum absolute atomic E-state index is 9.06. The van der Waals surface area contributed by atoms with Crippen molar-refractivity contribution < 1.29 is 0 Å². The zero-order chi connectivity index (χ0) is 14.8. The third-order valence-corrected chi connectivity index (χ3v) is 3.78. The van der Waals surface area contributed by atoms with Crippen LogP contribution in [0.4, 0.5) is 0 Å². The van der Waals surface area contributed by atoms with E-state index in [2.05, 4.69) is 37.1 Å². The Bertz CT molecular complexity index is 418. The molecule has 1 rings (SSSR count). The molecule has 0 heterocycles. The average Bonchev–Trinajstić information content (AvgIpc) is 2.49. The van der Waals surface area contributed by atoms with Crippen molar-refractivity contribution in [1.29, 1.82) is 5.26 Å². The van der Waals surface area contributed by atoms with Crippen molar-refractivity contribution in [1.82, 2.24) is 10.2 Å². The molecular formula is C17H27N3. The van der Waals surface area contributed by atoms with Gasteiger partial charge in [-0.1, -0.05) is 32.0 Å². The third-order valence-electron chi connectivity index (χ3n) is 3.78. The molecule has 1 atom stereocenters. The van der Waals surface area contributed by atoms with Crippen molar-refractivity contribution in [3.63, 3.8) is 0 Å². The molecule has 3 heteroatoms. The first-order valence-electron chi connectivity index (χ1n) is 7.65. The summed E-state index contributed by atoms with van der Waals surface area (Å²) in [6.45, 7) is 10.9. The summed E-state index contributed by atoms with van der Waals surface area (Å²) >= 11 is 0. The molecule has 20 heavy (non-hydrogen) atoms. The van der Waals surface area contributed by atoms with E-state index in [-0.39, 0.29) is 0 Å². The van der Waals surface area contributed by atoms with Gasteiger partial charge in [-0.3, -0.25) is 0 Å². The minimum Gasteiger partial charge on any atom is -0.310 e. The van der Waals surface area contributed by atoms with Crippen LogP contribution in [0.25, 0.3) is 0 Å². The van der Waals surface area contributed by atoms with Gasteiger partial charge in [0.25, 0.3) is 0 Å². The van der Waals surface area contributed by atoms with Crippen LogP contribution in [0.5, 0.6) is 0 Å². The lowest BCUT2D eigenvalue weighted by Gasteiger charge is -2.20. The fourth-order valence-electron chi connectivity index (χ4n) is 2.33. The van der Waals surface area contributed by atoms with E-state index < -0.39 is 0 Å². The highest BCUT2D eigenvalue weighted by atomic mass is 15.1. The average molecular weight is 273 g/mol. The summed E-state index contributed by atoms with van der Waals surface area (Å²) in [7, 11) is 0. The Labute approximate surface area is 123 Å². The highest BCUT2D eigenvalue weighted by molar-refractivity contribution is 5.37. The first-order valence-corrected chi connectivity index (χ1v) is 7.65. The molecule has 0 saturated carbocycles. The highest BCUT2D eigenvalue weighted by Gasteiger charge is 2.05. The van der Waals surface area contributed by atoms with E-state index in [9.17, 15) is 0 Å². The van der Waals surface area contributed by atoms with Crippen LogP contribution < -0.4 is 5.32 Å². The number of rotatable bonds is 9. The standard InChI is InChI=1S/C17H27N3/c1-4-20(5-2)12-8-9-15(3)19-14-17-11-7-6-10-16(17)13-18/h6-7,10-11,15,19H,4-5,8-9,12,14H2,1-3H3. The normalized spacial score (nSPS) is 12.3. The summed E-state index contributed by atoms with van der Waals surface area (Å²) in [6.07, 6.45) is 2.39. The molecule has 0 aliphatic carbocycles. The summed E-state index contributed by atoms with van der Waals surface area (Å²) in [5, 5.41) is 12.6. The quantitative estimate of drug-likeness (QED) is 0.751. The molecule has 0 aliphatic rings. The Morgan fingerprint density at radius 2 is 1.95 bits per heavy atom. The van der Waals surface area contributed by atoms with E-state index in [1.165, 1.54) is 19.4 Å². The van der Waals surface area contributed by atoms with E-state index in [0.29, 0.717) is 6.04 Å². The predicted molar refractivity (Wildman–Crippen MR) is 84.5 cm³/mol. The molecule has 1 N–H and O–H groups in total. The Balaban J connectivity index is 2.29. The Morgan fingerprint density at radius 3 is 2.60 bits per heavy atom. The molecule has 0 amide bonds. The largest absolute Gasteiger partial charge is 0.310 e. The maximum Gasteiger partial charge on any atom is 0.0995 e. The van der Waals surface area contributed by atoms with Gasteiger partial charge in [-0.25, -0.2) is 0 Å². The molecule has 1 aromatic rings. The lowest BCUT2D eigenvalue weighted by Crippen LogP contribution is -2.29. The smallest absolute Gasteiger partial charge is 0.0995 e. The van der Waals surface area contributed by atoms with Gasteiger partial charge in [-0.2, -0.15) is 5.26 Å². The molecule has 1 aromatic carbocycles. The minimum absolute atomic E-state index is 0.484. The second-order valence-corrected chi connectivity index (χ2v) is 5.22. The van der Waals surface area contributed by atoms with Crippen LogP contribution in [0.3, 0.4) is 0 Å². The molecule has 0 aromatic heterocycles. The number of benzene rings is 1. The van der Waals surface area contributed by atoms with Crippen molar-refractivity contribution in [2.45, 2.75) is 46.2 Å². The summed E-state index contributed by atoms with van der Waals surface area (Å²) in [6, 6.07) is 10.5. The number of hydrogen-bond donors (Lipinski definition) is 1. The SMILES string of the molecule is CCN(CC)CCCC(C)NCc1ccccc1C#N. The molecule has 1 unspecified atom stereocenters. The first-order chi connectivity index (χ1) is 9.71. The second kappa shape index (κ2) is 9.52. The molecule has 0 bridgehead atoms. The van der Waals surface area contributed by atoms with Crippen LogP contribution in [0, 0.1) is 11.3 Å². The van der Waals surface area contributed by atoms with Gasteiger partial charge >= 0.3 is 0 Å². The fourth-order valence-corrected chi connectivity index (χ4v) is 2.33. The Kier molecular flexibility index (Phi) is 7.94. The second-order valence-electron chi connectivity index (χ2n) is 5.22. The van der Waals surface area contributed by atoms with Crippen LogP contribution >= 0.6 is 0 Å². The van der Waals surface area contributed by atoms with Gasteiger partial charge in [-0.15, -0.1) is 0 Å². The molecular weight excluding hydrogens is 246 g/mol. The van der Waals surface area contributed by atoms with Crippen molar-refractivity contribution in [2.24, 2.45) is 0 Å². The summed E-state index contributed by atoms with van der Waals surface area (Å²) < 4.78 is 0. The zero-order valence-corrected chi connectivity index (χ0v) is 13.0. The molecule has 0 spiro atoms. The Morgan fingerprint density at radius 1 is 1.25 bits per heavy atom.